The molecule has 7 nitrogen and oxygen atoms in total. The third-order valence-corrected chi connectivity index (χ3v) is 9.37. The van der Waals surface area contributed by atoms with Crippen molar-refractivity contribution in [1.29, 1.82) is 0 Å². The fourth-order valence-electron chi connectivity index (χ4n) is 4.84. The van der Waals surface area contributed by atoms with Crippen molar-refractivity contribution in [3.05, 3.63) is 94.7 Å². The van der Waals surface area contributed by atoms with Crippen LogP contribution in [0.15, 0.2) is 88.2 Å². The van der Waals surface area contributed by atoms with Gasteiger partial charge in [-0.1, -0.05) is 65.5 Å². The highest BCUT2D eigenvalue weighted by Gasteiger charge is 2.33. The van der Waals surface area contributed by atoms with Crippen molar-refractivity contribution < 1.29 is 22.4 Å². The summed E-state index contributed by atoms with van der Waals surface area (Å²) < 4.78 is 43.0. The van der Waals surface area contributed by atoms with Crippen molar-refractivity contribution in [2.75, 3.05) is 10.8 Å². The molecule has 40 heavy (non-hydrogen) atoms. The smallest absolute Gasteiger partial charge is 0.264 e. The molecule has 1 aliphatic rings. The topological polar surface area (TPSA) is 86.8 Å². The van der Waals surface area contributed by atoms with E-state index in [1.165, 1.54) is 29.2 Å². The van der Waals surface area contributed by atoms with Crippen LogP contribution in [0, 0.1) is 5.82 Å². The average molecular weight is 631 g/mol. The number of hydrogen-bond acceptors (Lipinski definition) is 4. The molecule has 212 valence electrons. The molecule has 2 amide bonds. The molecule has 1 fully saturated rings. The molecule has 1 atom stereocenters. The van der Waals surface area contributed by atoms with Crippen molar-refractivity contribution >= 4 is 43.5 Å². The van der Waals surface area contributed by atoms with Gasteiger partial charge in [0.25, 0.3) is 10.0 Å². The van der Waals surface area contributed by atoms with Gasteiger partial charge in [-0.3, -0.25) is 13.9 Å². The summed E-state index contributed by atoms with van der Waals surface area (Å²) in [5.74, 6) is -1.37. The standard InChI is InChI=1S/C30H33BrFN3O4S/c1-22(30(37)33-26-11-4-2-5-12-26)34(20-23-9-8-10-24(31)19-23)29(36)21-35(27-17-15-25(32)16-18-27)40(38,39)28-13-6-3-7-14-28/h3,6-10,13-19,22,26H,2,4-5,11-12,20-21H2,1H3,(H,33,37)/t22-/m1/s1. The normalized spacial score (nSPS) is 14.8. The van der Waals surface area contributed by atoms with Gasteiger partial charge in [0.1, 0.15) is 18.4 Å². The van der Waals surface area contributed by atoms with Gasteiger partial charge in [0.2, 0.25) is 11.8 Å². The fourth-order valence-corrected chi connectivity index (χ4v) is 6.72. The largest absolute Gasteiger partial charge is 0.352 e. The average Bonchev–Trinajstić information content (AvgIpc) is 2.95. The molecule has 0 spiro atoms. The zero-order chi connectivity index (χ0) is 28.7. The molecule has 0 heterocycles. The van der Waals surface area contributed by atoms with E-state index in [1.54, 1.807) is 25.1 Å². The first-order chi connectivity index (χ1) is 19.1. The number of rotatable bonds is 10. The van der Waals surface area contributed by atoms with E-state index in [2.05, 4.69) is 21.2 Å². The Morgan fingerprint density at radius 2 is 1.65 bits per heavy atom. The molecular formula is C30H33BrFN3O4S. The molecule has 0 radical (unpaired) electrons. The van der Waals surface area contributed by atoms with Crippen LogP contribution in [-0.2, 0) is 26.2 Å². The van der Waals surface area contributed by atoms with Crippen molar-refractivity contribution in [3.8, 4) is 0 Å². The lowest BCUT2D eigenvalue weighted by molar-refractivity contribution is -0.139. The molecule has 4 rings (SSSR count). The second kappa shape index (κ2) is 13.4. The third kappa shape index (κ3) is 7.48. The predicted octanol–water partition coefficient (Wildman–Crippen LogP) is 5.65. The minimum atomic E-state index is -4.19. The fraction of sp³-hybridized carbons (Fsp3) is 0.333. The molecule has 0 unspecified atom stereocenters. The summed E-state index contributed by atoms with van der Waals surface area (Å²) in [6.07, 6.45) is 5.02. The second-order valence-corrected chi connectivity index (χ2v) is 12.8. The van der Waals surface area contributed by atoms with Gasteiger partial charge in [-0.05, 0) is 73.9 Å². The van der Waals surface area contributed by atoms with Gasteiger partial charge in [0.05, 0.1) is 10.6 Å². The molecule has 0 aromatic heterocycles. The highest BCUT2D eigenvalue weighted by atomic mass is 79.9. The molecule has 0 aliphatic heterocycles. The first-order valence-electron chi connectivity index (χ1n) is 13.3. The van der Waals surface area contributed by atoms with Gasteiger partial charge >= 0.3 is 0 Å². The van der Waals surface area contributed by atoms with Gasteiger partial charge < -0.3 is 10.2 Å². The predicted molar refractivity (Wildman–Crippen MR) is 157 cm³/mol. The summed E-state index contributed by atoms with van der Waals surface area (Å²) in [4.78, 5) is 28.7. The lowest BCUT2D eigenvalue weighted by Crippen LogP contribution is -2.53. The van der Waals surface area contributed by atoms with Gasteiger partial charge in [0, 0.05) is 17.1 Å². The summed E-state index contributed by atoms with van der Waals surface area (Å²) >= 11 is 3.45. The maximum absolute atomic E-state index is 14.0. The molecule has 1 N–H and O–H groups in total. The Kier molecular flexibility index (Phi) is 9.97. The number of carbonyl (C=O) groups is 2. The summed E-state index contributed by atoms with van der Waals surface area (Å²) in [5, 5.41) is 3.08. The van der Waals surface area contributed by atoms with Crippen molar-refractivity contribution in [2.24, 2.45) is 0 Å². The van der Waals surface area contributed by atoms with Crippen LogP contribution in [0.3, 0.4) is 0 Å². The molecule has 0 bridgehead atoms. The summed E-state index contributed by atoms with van der Waals surface area (Å²) in [5.41, 5.74) is 0.916. The molecule has 3 aromatic carbocycles. The molecule has 10 heteroatoms. The van der Waals surface area contributed by atoms with E-state index in [4.69, 9.17) is 0 Å². The number of halogens is 2. The minimum absolute atomic E-state index is 0.00578. The van der Waals surface area contributed by atoms with Crippen LogP contribution in [-0.4, -0.2) is 43.8 Å². The Morgan fingerprint density at radius 1 is 0.975 bits per heavy atom. The Bertz CT molecular complexity index is 1410. The van der Waals surface area contributed by atoms with Crippen LogP contribution < -0.4 is 9.62 Å². The van der Waals surface area contributed by atoms with Crippen LogP contribution in [0.1, 0.15) is 44.6 Å². The number of benzene rings is 3. The minimum Gasteiger partial charge on any atom is -0.352 e. The molecule has 1 saturated carbocycles. The van der Waals surface area contributed by atoms with Crippen LogP contribution in [0.4, 0.5) is 10.1 Å². The Morgan fingerprint density at radius 3 is 2.30 bits per heavy atom. The Hall–Kier alpha value is -3.24. The number of amides is 2. The molecule has 0 saturated heterocycles. The first kappa shape index (κ1) is 29.7. The number of nitrogens with zero attached hydrogens (tertiary/aromatic N) is 2. The quantitative estimate of drug-likeness (QED) is 0.314. The number of anilines is 1. The maximum Gasteiger partial charge on any atom is 0.264 e. The monoisotopic (exact) mass is 629 g/mol. The van der Waals surface area contributed by atoms with E-state index in [0.717, 1.165) is 58.6 Å². The zero-order valence-corrected chi connectivity index (χ0v) is 24.7. The molecule has 1 aliphatic carbocycles. The van der Waals surface area contributed by atoms with E-state index in [1.807, 2.05) is 24.3 Å². The first-order valence-corrected chi connectivity index (χ1v) is 15.6. The van der Waals surface area contributed by atoms with Gasteiger partial charge in [-0.2, -0.15) is 0 Å². The lowest BCUT2D eigenvalue weighted by Gasteiger charge is -2.33. The Balaban J connectivity index is 1.66. The van der Waals surface area contributed by atoms with Gasteiger partial charge in [0.15, 0.2) is 0 Å². The van der Waals surface area contributed by atoms with E-state index in [9.17, 15) is 22.4 Å². The number of hydrogen-bond donors (Lipinski definition) is 1. The van der Waals surface area contributed by atoms with E-state index in [0.29, 0.717) is 0 Å². The zero-order valence-electron chi connectivity index (χ0n) is 22.3. The third-order valence-electron chi connectivity index (χ3n) is 7.09. The second-order valence-electron chi connectivity index (χ2n) is 9.97. The summed E-state index contributed by atoms with van der Waals surface area (Å²) in [6, 6.07) is 19.3. The van der Waals surface area contributed by atoms with Crippen LogP contribution in [0.2, 0.25) is 0 Å². The van der Waals surface area contributed by atoms with Crippen LogP contribution >= 0.6 is 15.9 Å². The Labute approximate surface area is 243 Å². The van der Waals surface area contributed by atoms with E-state index < -0.39 is 34.3 Å². The van der Waals surface area contributed by atoms with E-state index >= 15 is 0 Å². The number of carbonyl (C=O) groups excluding carboxylic acids is 2. The van der Waals surface area contributed by atoms with Crippen LogP contribution in [0.25, 0.3) is 0 Å². The highest BCUT2D eigenvalue weighted by molar-refractivity contribution is 9.10. The van der Waals surface area contributed by atoms with E-state index in [-0.39, 0.29) is 29.1 Å². The van der Waals surface area contributed by atoms with Crippen molar-refractivity contribution in [2.45, 2.75) is 62.6 Å². The lowest BCUT2D eigenvalue weighted by atomic mass is 9.95. The van der Waals surface area contributed by atoms with Gasteiger partial charge in [-0.15, -0.1) is 0 Å². The number of sulfonamides is 1. The summed E-state index contributed by atoms with van der Waals surface area (Å²) in [7, 11) is -4.19. The molecule has 3 aromatic rings. The summed E-state index contributed by atoms with van der Waals surface area (Å²) in [6.45, 7) is 1.18. The SMILES string of the molecule is C[C@H](C(=O)NC1CCCCC1)N(Cc1cccc(Br)c1)C(=O)CN(c1ccc(F)cc1)S(=O)(=O)c1ccccc1. The van der Waals surface area contributed by atoms with Crippen molar-refractivity contribution in [3.63, 3.8) is 0 Å². The highest BCUT2D eigenvalue weighted by Crippen LogP contribution is 2.25. The van der Waals surface area contributed by atoms with Crippen LogP contribution in [0.5, 0.6) is 0 Å². The number of nitrogens with one attached hydrogen (secondary N) is 1. The van der Waals surface area contributed by atoms with Gasteiger partial charge in [-0.25, -0.2) is 12.8 Å². The molecular weight excluding hydrogens is 597 g/mol. The maximum atomic E-state index is 14.0. The van der Waals surface area contributed by atoms with Crippen molar-refractivity contribution in [1.82, 2.24) is 10.2 Å².